The molecule has 0 aromatic heterocycles. The van der Waals surface area contributed by atoms with Crippen molar-refractivity contribution < 1.29 is 48.0 Å². The van der Waals surface area contributed by atoms with Gasteiger partial charge >= 0.3 is 23.9 Å². The number of carbonyl (C=O) groups excluding carboxylic acids is 4. The number of esters is 4. The molecule has 2 bridgehead atoms. The molecule has 1 saturated heterocycles. The van der Waals surface area contributed by atoms with E-state index in [1.165, 1.54) is 27.7 Å². The van der Waals surface area contributed by atoms with Crippen molar-refractivity contribution in [1.29, 1.82) is 0 Å². The van der Waals surface area contributed by atoms with Crippen LogP contribution in [0.5, 0.6) is 0 Å². The summed E-state index contributed by atoms with van der Waals surface area (Å²) in [6, 6.07) is 0. The van der Waals surface area contributed by atoms with E-state index < -0.39 is 70.8 Å². The van der Waals surface area contributed by atoms with Gasteiger partial charge in [-0.1, -0.05) is 6.92 Å². The van der Waals surface area contributed by atoms with Gasteiger partial charge in [-0.25, -0.2) is 0 Å². The lowest BCUT2D eigenvalue weighted by Crippen LogP contribution is -2.78. The van der Waals surface area contributed by atoms with Gasteiger partial charge in [-0.05, 0) is 32.6 Å². The van der Waals surface area contributed by atoms with E-state index >= 15 is 0 Å². The summed E-state index contributed by atoms with van der Waals surface area (Å²) in [7, 11) is 0. The monoisotopic (exact) mass is 470 g/mol. The lowest BCUT2D eigenvalue weighted by atomic mass is 9.47. The molecule has 8 atom stereocenters. The summed E-state index contributed by atoms with van der Waals surface area (Å²) in [5.74, 6) is -3.44. The molecule has 1 aliphatic heterocycles. The second kappa shape index (κ2) is 8.54. The average molecular weight is 471 g/mol. The molecule has 10 heteroatoms. The van der Waals surface area contributed by atoms with Gasteiger partial charge in [0.15, 0.2) is 0 Å². The number of carbonyl (C=O) groups is 4. The third kappa shape index (κ3) is 3.80. The molecule has 33 heavy (non-hydrogen) atoms. The highest BCUT2D eigenvalue weighted by Gasteiger charge is 2.83. The Balaban J connectivity index is 2.34. The number of hydrogen-bond acceptors (Lipinski definition) is 10. The third-order valence-corrected chi connectivity index (χ3v) is 7.49. The summed E-state index contributed by atoms with van der Waals surface area (Å²) in [6.07, 6.45) is -3.64. The number of aliphatic hydroxyl groups is 1. The van der Waals surface area contributed by atoms with Crippen LogP contribution in [-0.4, -0.2) is 71.2 Å². The van der Waals surface area contributed by atoms with Gasteiger partial charge in [0, 0.05) is 27.7 Å². The Morgan fingerprint density at radius 1 is 0.909 bits per heavy atom. The first-order valence-electron chi connectivity index (χ1n) is 11.2. The predicted molar refractivity (Wildman–Crippen MR) is 112 cm³/mol. The van der Waals surface area contributed by atoms with Gasteiger partial charge in [-0.3, -0.25) is 19.2 Å². The maximum absolute atomic E-state index is 12.2. The first kappa shape index (κ1) is 25.4. The van der Waals surface area contributed by atoms with Crippen LogP contribution in [0.4, 0.5) is 0 Å². The molecular weight excluding hydrogens is 436 g/mol. The molecule has 0 aromatic rings. The molecule has 3 rings (SSSR count). The van der Waals surface area contributed by atoms with Gasteiger partial charge in [0.25, 0.3) is 0 Å². The van der Waals surface area contributed by atoms with Crippen molar-refractivity contribution in [2.75, 3.05) is 6.61 Å². The van der Waals surface area contributed by atoms with Crippen LogP contribution in [0.15, 0.2) is 0 Å². The van der Waals surface area contributed by atoms with Gasteiger partial charge in [0.05, 0.1) is 11.5 Å². The van der Waals surface area contributed by atoms with Gasteiger partial charge in [-0.2, -0.15) is 0 Å². The minimum absolute atomic E-state index is 0.290. The van der Waals surface area contributed by atoms with E-state index in [9.17, 15) is 24.3 Å². The second-order valence-corrected chi connectivity index (χ2v) is 9.97. The zero-order chi connectivity index (χ0) is 24.9. The fourth-order valence-corrected chi connectivity index (χ4v) is 6.54. The van der Waals surface area contributed by atoms with Crippen molar-refractivity contribution in [3.05, 3.63) is 0 Å². The van der Waals surface area contributed by atoms with Crippen molar-refractivity contribution in [3.8, 4) is 0 Å². The number of rotatable bonds is 5. The smallest absolute Gasteiger partial charge is 0.303 e. The Morgan fingerprint density at radius 2 is 1.48 bits per heavy atom. The number of hydrogen-bond donors (Lipinski definition) is 1. The van der Waals surface area contributed by atoms with Crippen LogP contribution in [0.1, 0.15) is 61.3 Å². The van der Waals surface area contributed by atoms with Crippen LogP contribution in [-0.2, 0) is 42.9 Å². The largest absolute Gasteiger partial charge is 0.465 e. The van der Waals surface area contributed by atoms with Crippen LogP contribution < -0.4 is 0 Å². The van der Waals surface area contributed by atoms with Crippen molar-refractivity contribution in [2.45, 2.75) is 96.9 Å². The Kier molecular flexibility index (Phi) is 6.58. The SMILES string of the molecule is CC(=O)OCC12[C@H](O)[C@H](OC(C)=O)[C@H]3[C@H](OC(C)=O)[C@@]1(OC3(C)C)[C@@H](C)CC[C@H]2OC(C)=O. The summed E-state index contributed by atoms with van der Waals surface area (Å²) in [4.78, 5) is 48.3. The van der Waals surface area contributed by atoms with Crippen molar-refractivity contribution in [2.24, 2.45) is 17.3 Å². The first-order valence-corrected chi connectivity index (χ1v) is 11.2. The average Bonchev–Trinajstić information content (AvgIpc) is 2.85. The van der Waals surface area contributed by atoms with E-state index in [0.29, 0.717) is 12.8 Å². The molecule has 0 radical (unpaired) electrons. The summed E-state index contributed by atoms with van der Waals surface area (Å²) in [5.41, 5.74) is -3.95. The second-order valence-electron chi connectivity index (χ2n) is 9.97. The molecule has 1 unspecified atom stereocenters. The van der Waals surface area contributed by atoms with Gasteiger partial charge in [-0.15, -0.1) is 0 Å². The molecular formula is C23H34O10. The van der Waals surface area contributed by atoms with E-state index in [2.05, 4.69) is 0 Å². The van der Waals surface area contributed by atoms with Crippen molar-refractivity contribution in [3.63, 3.8) is 0 Å². The minimum atomic E-state index is -1.56. The zero-order valence-corrected chi connectivity index (χ0v) is 20.2. The summed E-state index contributed by atoms with van der Waals surface area (Å²) in [6.45, 7) is 10.0. The highest BCUT2D eigenvalue weighted by Crippen LogP contribution is 2.67. The number of ether oxygens (including phenoxy) is 5. The van der Waals surface area contributed by atoms with E-state index in [0.717, 1.165) is 0 Å². The van der Waals surface area contributed by atoms with Crippen LogP contribution in [0.2, 0.25) is 0 Å². The standard InChI is InChI=1S/C23H34O10/c1-11-8-9-16(30-13(3)25)22(10-29-12(2)24)19(28)18(31-14(4)26)17-20(32-15(5)27)23(11,22)33-21(17,6)7/h11,16-20,28H,8-10H2,1-7H3/t11-,16+,17-,18+,19+,20-,22?,23-/m0/s1. The lowest BCUT2D eigenvalue weighted by molar-refractivity contribution is -0.315. The molecule has 2 saturated carbocycles. The fourth-order valence-electron chi connectivity index (χ4n) is 6.54. The maximum atomic E-state index is 12.2. The lowest BCUT2D eigenvalue weighted by Gasteiger charge is -2.62. The topological polar surface area (TPSA) is 135 Å². The van der Waals surface area contributed by atoms with Gasteiger partial charge in [0.2, 0.25) is 0 Å². The Hall–Kier alpha value is -2.20. The van der Waals surface area contributed by atoms with Gasteiger partial charge < -0.3 is 28.8 Å². The van der Waals surface area contributed by atoms with E-state index in [1.807, 2.05) is 6.92 Å². The molecule has 0 aromatic carbocycles. The highest BCUT2D eigenvalue weighted by molar-refractivity contribution is 5.68. The maximum Gasteiger partial charge on any atom is 0.303 e. The highest BCUT2D eigenvalue weighted by atomic mass is 16.6. The summed E-state index contributed by atoms with van der Waals surface area (Å²) >= 11 is 0. The Morgan fingerprint density at radius 3 is 2.00 bits per heavy atom. The molecule has 1 heterocycles. The summed E-state index contributed by atoms with van der Waals surface area (Å²) < 4.78 is 29.3. The van der Waals surface area contributed by atoms with Crippen LogP contribution in [0, 0.1) is 17.3 Å². The molecule has 1 spiro atoms. The molecule has 10 nitrogen and oxygen atoms in total. The van der Waals surface area contributed by atoms with Crippen molar-refractivity contribution in [1.82, 2.24) is 0 Å². The normalized spacial score (nSPS) is 40.8. The first-order chi connectivity index (χ1) is 15.2. The van der Waals surface area contributed by atoms with E-state index in [-0.39, 0.29) is 12.5 Å². The fraction of sp³-hybridized carbons (Fsp3) is 0.826. The molecule has 2 aliphatic carbocycles. The molecule has 1 N–H and O–H groups in total. The molecule has 0 amide bonds. The number of fused-ring (bicyclic) bond motifs is 1. The third-order valence-electron chi connectivity index (χ3n) is 7.49. The zero-order valence-electron chi connectivity index (χ0n) is 20.2. The van der Waals surface area contributed by atoms with Crippen molar-refractivity contribution >= 4 is 23.9 Å². The Labute approximate surface area is 193 Å². The Bertz CT molecular complexity index is 837. The quantitative estimate of drug-likeness (QED) is 0.463. The molecule has 3 aliphatic rings. The minimum Gasteiger partial charge on any atom is -0.465 e. The van der Waals surface area contributed by atoms with Gasteiger partial charge in [0.1, 0.15) is 42.0 Å². The van der Waals surface area contributed by atoms with Crippen LogP contribution in [0.3, 0.4) is 0 Å². The van der Waals surface area contributed by atoms with Crippen LogP contribution >= 0.6 is 0 Å². The molecule has 186 valence electrons. The van der Waals surface area contributed by atoms with E-state index in [1.54, 1.807) is 13.8 Å². The molecule has 3 fully saturated rings. The predicted octanol–water partition coefficient (Wildman–Crippen LogP) is 1.30. The van der Waals surface area contributed by atoms with E-state index in [4.69, 9.17) is 23.7 Å². The number of aliphatic hydroxyl groups excluding tert-OH is 1. The van der Waals surface area contributed by atoms with Crippen LogP contribution in [0.25, 0.3) is 0 Å². The summed E-state index contributed by atoms with van der Waals surface area (Å²) in [5, 5.41) is 11.9.